The predicted molar refractivity (Wildman–Crippen MR) is 67.2 cm³/mol. The summed E-state index contributed by atoms with van der Waals surface area (Å²) in [5.41, 5.74) is 5.03. The maximum absolute atomic E-state index is 11.9. The second-order valence-electron chi connectivity index (χ2n) is 4.41. The van der Waals surface area contributed by atoms with Gasteiger partial charge in [-0.05, 0) is 13.8 Å². The van der Waals surface area contributed by atoms with Crippen molar-refractivity contribution in [2.75, 3.05) is 19.6 Å². The van der Waals surface area contributed by atoms with E-state index in [0.717, 1.165) is 0 Å². The summed E-state index contributed by atoms with van der Waals surface area (Å²) < 4.78 is 0. The van der Waals surface area contributed by atoms with Gasteiger partial charge in [-0.25, -0.2) is 4.79 Å². The summed E-state index contributed by atoms with van der Waals surface area (Å²) >= 11 is 0. The zero-order valence-electron chi connectivity index (χ0n) is 11.3. The summed E-state index contributed by atoms with van der Waals surface area (Å²) in [7, 11) is 0. The van der Waals surface area contributed by atoms with Crippen LogP contribution in [0.2, 0.25) is 0 Å². The molecule has 2 atom stereocenters. The first-order valence-corrected chi connectivity index (χ1v) is 6.18. The van der Waals surface area contributed by atoms with Crippen LogP contribution in [-0.4, -0.2) is 70.4 Å². The molecule has 1 aliphatic heterocycles. The lowest BCUT2D eigenvalue weighted by atomic mass is 10.2. The number of nitrogens with two attached hydrogens (primary N) is 1. The Balaban J connectivity index is 2.76. The molecule has 0 aromatic carbocycles. The quantitative estimate of drug-likeness (QED) is 0.496. The lowest BCUT2D eigenvalue weighted by Gasteiger charge is -2.32. The van der Waals surface area contributed by atoms with Crippen LogP contribution >= 0.6 is 0 Å². The minimum Gasteiger partial charge on any atom is -0.391 e. The number of aliphatic hydroxyl groups excluding tert-OH is 1. The fraction of sp³-hybridized carbons (Fsp3) is 0.636. The Morgan fingerprint density at radius 1 is 1.35 bits per heavy atom. The highest BCUT2D eigenvalue weighted by Crippen LogP contribution is 2.06. The topological polar surface area (TPSA) is 133 Å². The molecule has 20 heavy (non-hydrogen) atoms. The number of primary amides is 1. The largest absolute Gasteiger partial charge is 0.391 e. The summed E-state index contributed by atoms with van der Waals surface area (Å²) in [6, 6.07) is -2.25. The van der Waals surface area contributed by atoms with Gasteiger partial charge in [0.2, 0.25) is 5.91 Å². The number of amides is 5. The average molecular weight is 286 g/mol. The van der Waals surface area contributed by atoms with Crippen LogP contribution in [0.1, 0.15) is 13.8 Å². The van der Waals surface area contributed by atoms with Crippen molar-refractivity contribution in [1.29, 1.82) is 0 Å². The number of rotatable bonds is 4. The zero-order chi connectivity index (χ0) is 15.4. The molecule has 0 unspecified atom stereocenters. The van der Waals surface area contributed by atoms with E-state index >= 15 is 0 Å². The lowest BCUT2D eigenvalue weighted by molar-refractivity contribution is -0.153. The molecule has 5 amide bonds. The van der Waals surface area contributed by atoms with Crippen LogP contribution in [0.5, 0.6) is 0 Å². The minimum atomic E-state index is -1.32. The van der Waals surface area contributed by atoms with Crippen LogP contribution in [0.4, 0.5) is 4.79 Å². The highest BCUT2D eigenvalue weighted by Gasteiger charge is 2.37. The Bertz CT molecular complexity index is 437. The average Bonchev–Trinajstić information content (AvgIpc) is 2.38. The summed E-state index contributed by atoms with van der Waals surface area (Å²) in [4.78, 5) is 48.3. The van der Waals surface area contributed by atoms with Crippen molar-refractivity contribution in [1.82, 2.24) is 15.1 Å². The molecule has 1 fully saturated rings. The number of nitrogens with one attached hydrogen (secondary N) is 1. The van der Waals surface area contributed by atoms with E-state index in [9.17, 15) is 24.3 Å². The lowest BCUT2D eigenvalue weighted by Crippen LogP contribution is -2.61. The Kier molecular flexibility index (Phi) is 5.03. The molecule has 1 rings (SSSR count). The number of carbonyl (C=O) groups is 4. The first-order chi connectivity index (χ1) is 9.29. The van der Waals surface area contributed by atoms with Gasteiger partial charge in [0.1, 0.15) is 6.04 Å². The molecule has 0 bridgehead atoms. The molecule has 1 heterocycles. The summed E-state index contributed by atoms with van der Waals surface area (Å²) in [5, 5.41) is 11.5. The highest BCUT2D eigenvalue weighted by atomic mass is 16.3. The number of aliphatic hydroxyl groups is 1. The van der Waals surface area contributed by atoms with Gasteiger partial charge in [-0.1, -0.05) is 0 Å². The van der Waals surface area contributed by atoms with E-state index in [1.54, 1.807) is 6.92 Å². The summed E-state index contributed by atoms with van der Waals surface area (Å²) in [6.07, 6.45) is -1.21. The monoisotopic (exact) mass is 286 g/mol. The van der Waals surface area contributed by atoms with Crippen LogP contribution in [-0.2, 0) is 14.4 Å². The molecule has 1 saturated heterocycles. The highest BCUT2D eigenvalue weighted by molar-refractivity contribution is 6.38. The summed E-state index contributed by atoms with van der Waals surface area (Å²) in [5.74, 6) is -2.68. The third kappa shape index (κ3) is 3.23. The molecular weight excluding hydrogens is 268 g/mol. The molecule has 4 N–H and O–H groups in total. The van der Waals surface area contributed by atoms with Crippen molar-refractivity contribution >= 4 is 23.8 Å². The van der Waals surface area contributed by atoms with Crippen molar-refractivity contribution in [2.24, 2.45) is 5.73 Å². The maximum atomic E-state index is 11.9. The first kappa shape index (κ1) is 15.9. The third-order valence-corrected chi connectivity index (χ3v) is 3.00. The van der Waals surface area contributed by atoms with Gasteiger partial charge >= 0.3 is 17.8 Å². The van der Waals surface area contributed by atoms with Crippen LogP contribution in [0, 0.1) is 0 Å². The number of nitrogens with zero attached hydrogens (tertiary/aromatic N) is 2. The van der Waals surface area contributed by atoms with Crippen LogP contribution in [0.3, 0.4) is 0 Å². The minimum absolute atomic E-state index is 0.0234. The Morgan fingerprint density at radius 3 is 2.40 bits per heavy atom. The maximum Gasteiger partial charge on any atom is 0.325 e. The van der Waals surface area contributed by atoms with Crippen molar-refractivity contribution in [3.05, 3.63) is 0 Å². The van der Waals surface area contributed by atoms with Crippen LogP contribution in [0.15, 0.2) is 0 Å². The fourth-order valence-corrected chi connectivity index (χ4v) is 1.81. The van der Waals surface area contributed by atoms with Gasteiger partial charge in [-0.15, -0.1) is 0 Å². The molecule has 0 saturated carbocycles. The van der Waals surface area contributed by atoms with E-state index < -0.39 is 35.9 Å². The molecule has 0 spiro atoms. The number of piperazine rings is 1. The van der Waals surface area contributed by atoms with Gasteiger partial charge in [0.05, 0.1) is 6.10 Å². The Hall–Kier alpha value is -2.16. The molecule has 0 aliphatic carbocycles. The Labute approximate surface area is 115 Å². The molecule has 0 radical (unpaired) electrons. The van der Waals surface area contributed by atoms with Crippen molar-refractivity contribution in [3.8, 4) is 0 Å². The van der Waals surface area contributed by atoms with Crippen molar-refractivity contribution in [2.45, 2.75) is 26.0 Å². The Morgan fingerprint density at radius 2 is 1.95 bits per heavy atom. The number of likely N-dealkylation sites (N-methyl/N-ethyl adjacent to an activating group) is 1. The summed E-state index contributed by atoms with van der Waals surface area (Å²) in [6.45, 7) is 3.62. The smallest absolute Gasteiger partial charge is 0.325 e. The van der Waals surface area contributed by atoms with Crippen LogP contribution in [0.25, 0.3) is 0 Å². The number of carbonyl (C=O) groups excluding carboxylic acids is 4. The fourth-order valence-electron chi connectivity index (χ4n) is 1.81. The number of urea groups is 1. The molecule has 9 heteroatoms. The van der Waals surface area contributed by atoms with E-state index in [0.29, 0.717) is 11.4 Å². The molecule has 0 aromatic rings. The molecule has 0 aromatic heterocycles. The molecule has 1 aliphatic rings. The SMILES string of the molecule is CCN1CCN(C(=O)N[C@@H](C(N)=O)[C@H](C)O)C(=O)C1=O. The van der Waals surface area contributed by atoms with Crippen molar-refractivity contribution < 1.29 is 24.3 Å². The molecule has 9 nitrogen and oxygen atoms in total. The van der Waals surface area contributed by atoms with E-state index in [2.05, 4.69) is 5.32 Å². The second-order valence-corrected chi connectivity index (χ2v) is 4.41. The number of imide groups is 1. The van der Waals surface area contributed by atoms with E-state index in [1.165, 1.54) is 11.8 Å². The van der Waals surface area contributed by atoms with E-state index in [1.807, 2.05) is 0 Å². The second kappa shape index (κ2) is 6.33. The molecule has 112 valence electrons. The number of hydrogen-bond donors (Lipinski definition) is 3. The van der Waals surface area contributed by atoms with Gasteiger partial charge in [0, 0.05) is 19.6 Å². The number of hydrogen-bond acceptors (Lipinski definition) is 5. The van der Waals surface area contributed by atoms with Gasteiger partial charge < -0.3 is 21.1 Å². The van der Waals surface area contributed by atoms with E-state index in [4.69, 9.17) is 5.73 Å². The normalized spacial score (nSPS) is 18.8. The van der Waals surface area contributed by atoms with Gasteiger partial charge in [0.15, 0.2) is 0 Å². The third-order valence-electron chi connectivity index (χ3n) is 3.00. The van der Waals surface area contributed by atoms with Gasteiger partial charge in [-0.2, -0.15) is 0 Å². The molecular formula is C11H18N4O5. The van der Waals surface area contributed by atoms with Crippen LogP contribution < -0.4 is 11.1 Å². The van der Waals surface area contributed by atoms with E-state index in [-0.39, 0.29) is 13.1 Å². The zero-order valence-corrected chi connectivity index (χ0v) is 11.3. The van der Waals surface area contributed by atoms with Crippen molar-refractivity contribution in [3.63, 3.8) is 0 Å². The van der Waals surface area contributed by atoms with Gasteiger partial charge in [0.25, 0.3) is 0 Å². The standard InChI is InChI=1S/C11H18N4O5/c1-3-14-4-5-15(10(19)9(14)18)11(20)13-7(6(2)16)8(12)17/h6-7,16H,3-5H2,1-2H3,(H2,12,17)(H,13,20)/t6-,7+/m0/s1. The first-order valence-electron chi connectivity index (χ1n) is 6.18. The predicted octanol–water partition coefficient (Wildman–Crippen LogP) is -2.38. The van der Waals surface area contributed by atoms with Gasteiger partial charge in [-0.3, -0.25) is 19.3 Å².